The third-order valence-electron chi connectivity index (χ3n) is 3.01. The summed E-state index contributed by atoms with van der Waals surface area (Å²) in [4.78, 5) is 11.2. The number of carbonyl (C=O) groups is 1. The Bertz CT molecular complexity index is 575. The van der Waals surface area contributed by atoms with Crippen molar-refractivity contribution >= 4 is 27.5 Å². The molecule has 0 aliphatic rings. The molecule has 0 saturated carbocycles. The third-order valence-corrected chi connectivity index (χ3v) is 4.55. The molecule has 118 valence electrons. The predicted octanol–water partition coefficient (Wildman–Crippen LogP) is 1.67. The van der Waals surface area contributed by atoms with Gasteiger partial charge in [0.25, 0.3) is 0 Å². The van der Waals surface area contributed by atoms with Crippen molar-refractivity contribution in [3.63, 3.8) is 0 Å². The smallest absolute Gasteiger partial charge is 0.219 e. The standard InChI is InChI=1S/C14H21ClN2O3S/c1-3-14(18)16-8-10-17(21(2,19)20)9-7-12-5-4-6-13(15)11-12/h4-6,11H,3,7-10H2,1-2H3,(H,16,18). The van der Waals surface area contributed by atoms with E-state index in [0.29, 0.717) is 31.0 Å². The molecule has 1 rings (SSSR count). The van der Waals surface area contributed by atoms with E-state index in [4.69, 9.17) is 11.6 Å². The van der Waals surface area contributed by atoms with Gasteiger partial charge in [0.2, 0.25) is 15.9 Å². The van der Waals surface area contributed by atoms with Crippen LogP contribution in [0.25, 0.3) is 0 Å². The van der Waals surface area contributed by atoms with Gasteiger partial charge in [0.1, 0.15) is 0 Å². The van der Waals surface area contributed by atoms with Crippen molar-refractivity contribution in [2.24, 2.45) is 0 Å². The molecule has 0 spiro atoms. The Kier molecular flexibility index (Phi) is 7.14. The summed E-state index contributed by atoms with van der Waals surface area (Å²) in [6, 6.07) is 7.34. The third kappa shape index (κ3) is 6.93. The normalized spacial score (nSPS) is 11.6. The highest BCUT2D eigenvalue weighted by atomic mass is 35.5. The Morgan fingerprint density at radius 1 is 1.33 bits per heavy atom. The van der Waals surface area contributed by atoms with Crippen LogP contribution in [0.15, 0.2) is 24.3 Å². The Balaban J connectivity index is 2.57. The lowest BCUT2D eigenvalue weighted by Crippen LogP contribution is -2.39. The highest BCUT2D eigenvalue weighted by Crippen LogP contribution is 2.12. The van der Waals surface area contributed by atoms with Crippen molar-refractivity contribution in [3.8, 4) is 0 Å². The maximum atomic E-state index is 11.8. The van der Waals surface area contributed by atoms with Gasteiger partial charge in [0, 0.05) is 31.1 Å². The van der Waals surface area contributed by atoms with Crippen LogP contribution in [-0.4, -0.2) is 44.5 Å². The first-order valence-electron chi connectivity index (χ1n) is 6.79. The molecule has 0 fully saturated rings. The van der Waals surface area contributed by atoms with E-state index in [9.17, 15) is 13.2 Å². The van der Waals surface area contributed by atoms with Gasteiger partial charge in [-0.25, -0.2) is 12.7 Å². The van der Waals surface area contributed by atoms with Crippen LogP contribution in [0.4, 0.5) is 0 Å². The number of amides is 1. The van der Waals surface area contributed by atoms with Gasteiger partial charge in [-0.15, -0.1) is 0 Å². The Morgan fingerprint density at radius 2 is 2.05 bits per heavy atom. The second-order valence-electron chi connectivity index (χ2n) is 4.75. The van der Waals surface area contributed by atoms with Crippen molar-refractivity contribution in [1.82, 2.24) is 9.62 Å². The molecule has 0 atom stereocenters. The SMILES string of the molecule is CCC(=O)NCCN(CCc1cccc(Cl)c1)S(C)(=O)=O. The lowest BCUT2D eigenvalue weighted by Gasteiger charge is -2.20. The highest BCUT2D eigenvalue weighted by Gasteiger charge is 2.16. The van der Waals surface area contributed by atoms with Crippen molar-refractivity contribution < 1.29 is 13.2 Å². The maximum absolute atomic E-state index is 11.8. The number of hydrogen-bond acceptors (Lipinski definition) is 3. The molecule has 5 nitrogen and oxygen atoms in total. The van der Waals surface area contributed by atoms with Gasteiger partial charge in [-0.05, 0) is 24.1 Å². The molecule has 0 radical (unpaired) electrons. The molecular formula is C14H21ClN2O3S. The first-order valence-corrected chi connectivity index (χ1v) is 9.02. The fraction of sp³-hybridized carbons (Fsp3) is 0.500. The van der Waals surface area contributed by atoms with Gasteiger partial charge in [-0.1, -0.05) is 30.7 Å². The van der Waals surface area contributed by atoms with Crippen molar-refractivity contribution in [1.29, 1.82) is 0 Å². The summed E-state index contributed by atoms with van der Waals surface area (Å²) in [5.41, 5.74) is 0.980. The van der Waals surface area contributed by atoms with Crippen LogP contribution in [0.1, 0.15) is 18.9 Å². The zero-order valence-corrected chi connectivity index (χ0v) is 13.9. The van der Waals surface area contributed by atoms with Crippen LogP contribution < -0.4 is 5.32 Å². The molecule has 0 unspecified atom stereocenters. The average Bonchev–Trinajstić information content (AvgIpc) is 2.40. The summed E-state index contributed by atoms with van der Waals surface area (Å²) in [6.07, 6.45) is 2.14. The largest absolute Gasteiger partial charge is 0.355 e. The number of nitrogens with zero attached hydrogens (tertiary/aromatic N) is 1. The zero-order chi connectivity index (χ0) is 15.9. The summed E-state index contributed by atoms with van der Waals surface area (Å²) in [7, 11) is -3.30. The molecule has 1 amide bonds. The van der Waals surface area contributed by atoms with E-state index in [0.717, 1.165) is 5.56 Å². The molecule has 21 heavy (non-hydrogen) atoms. The van der Waals surface area contributed by atoms with Gasteiger partial charge in [0.15, 0.2) is 0 Å². The molecule has 0 bridgehead atoms. The molecule has 1 aromatic rings. The lowest BCUT2D eigenvalue weighted by atomic mass is 10.1. The van der Waals surface area contributed by atoms with E-state index < -0.39 is 10.0 Å². The summed E-state index contributed by atoms with van der Waals surface area (Å²) in [5, 5.41) is 3.31. The molecule has 7 heteroatoms. The van der Waals surface area contributed by atoms with Crippen LogP contribution >= 0.6 is 11.6 Å². The summed E-state index contributed by atoms with van der Waals surface area (Å²) in [6.45, 7) is 2.70. The number of nitrogens with one attached hydrogen (secondary N) is 1. The Morgan fingerprint density at radius 3 is 2.62 bits per heavy atom. The fourth-order valence-corrected chi connectivity index (χ4v) is 2.89. The van der Waals surface area contributed by atoms with Gasteiger partial charge in [-0.2, -0.15) is 0 Å². The molecule has 1 N–H and O–H groups in total. The minimum Gasteiger partial charge on any atom is -0.355 e. The van der Waals surface area contributed by atoms with Gasteiger partial charge in [-0.3, -0.25) is 4.79 Å². The molecule has 0 aliphatic carbocycles. The number of halogens is 1. The summed E-state index contributed by atoms with van der Waals surface area (Å²) >= 11 is 5.91. The summed E-state index contributed by atoms with van der Waals surface area (Å²) < 4.78 is 24.9. The van der Waals surface area contributed by atoms with E-state index in [1.807, 2.05) is 18.2 Å². The monoisotopic (exact) mass is 332 g/mol. The minimum atomic E-state index is -3.30. The second kappa shape index (κ2) is 8.36. The van der Waals surface area contributed by atoms with Crippen LogP contribution in [0.2, 0.25) is 5.02 Å². The van der Waals surface area contributed by atoms with E-state index >= 15 is 0 Å². The first kappa shape index (κ1) is 17.9. The van der Waals surface area contributed by atoms with E-state index in [1.54, 1.807) is 13.0 Å². The van der Waals surface area contributed by atoms with Crippen molar-refractivity contribution in [3.05, 3.63) is 34.9 Å². The number of benzene rings is 1. The van der Waals surface area contributed by atoms with Gasteiger partial charge in [0.05, 0.1) is 6.26 Å². The van der Waals surface area contributed by atoms with Crippen LogP contribution in [-0.2, 0) is 21.2 Å². The highest BCUT2D eigenvalue weighted by molar-refractivity contribution is 7.88. The first-order chi connectivity index (χ1) is 9.82. The number of carbonyl (C=O) groups excluding carboxylic acids is 1. The Hall–Kier alpha value is -1.11. The fourth-order valence-electron chi connectivity index (χ4n) is 1.83. The Labute approximate surface area is 131 Å². The van der Waals surface area contributed by atoms with Crippen LogP contribution in [0.3, 0.4) is 0 Å². The van der Waals surface area contributed by atoms with Gasteiger partial charge < -0.3 is 5.32 Å². The number of sulfonamides is 1. The van der Waals surface area contributed by atoms with Crippen molar-refractivity contribution in [2.45, 2.75) is 19.8 Å². The number of hydrogen-bond donors (Lipinski definition) is 1. The molecular weight excluding hydrogens is 312 g/mol. The second-order valence-corrected chi connectivity index (χ2v) is 7.16. The maximum Gasteiger partial charge on any atom is 0.219 e. The molecule has 0 heterocycles. The quantitative estimate of drug-likeness (QED) is 0.787. The van der Waals surface area contributed by atoms with Crippen LogP contribution in [0, 0.1) is 0 Å². The zero-order valence-electron chi connectivity index (χ0n) is 12.3. The molecule has 0 saturated heterocycles. The van der Waals surface area contributed by atoms with Crippen LogP contribution in [0.5, 0.6) is 0 Å². The lowest BCUT2D eigenvalue weighted by molar-refractivity contribution is -0.120. The summed E-state index contributed by atoms with van der Waals surface area (Å²) in [5.74, 6) is -0.0849. The minimum absolute atomic E-state index is 0.0849. The van der Waals surface area contributed by atoms with E-state index in [1.165, 1.54) is 10.6 Å². The topological polar surface area (TPSA) is 66.5 Å². The predicted molar refractivity (Wildman–Crippen MR) is 84.9 cm³/mol. The van der Waals surface area contributed by atoms with E-state index in [-0.39, 0.29) is 12.5 Å². The molecule has 0 aliphatic heterocycles. The molecule has 1 aromatic carbocycles. The number of rotatable bonds is 8. The van der Waals surface area contributed by atoms with Gasteiger partial charge >= 0.3 is 0 Å². The molecule has 0 aromatic heterocycles. The van der Waals surface area contributed by atoms with E-state index in [2.05, 4.69) is 5.32 Å². The average molecular weight is 333 g/mol. The van der Waals surface area contributed by atoms with Crippen molar-refractivity contribution in [2.75, 3.05) is 25.9 Å².